The summed E-state index contributed by atoms with van der Waals surface area (Å²) in [6.07, 6.45) is 3.14. The first-order valence-electron chi connectivity index (χ1n) is 11.7. The average molecular weight is 453 g/mol. The Balaban J connectivity index is 1.46. The van der Waals surface area contributed by atoms with Gasteiger partial charge in [0.1, 0.15) is 5.60 Å². The van der Waals surface area contributed by atoms with Crippen LogP contribution in [0.3, 0.4) is 0 Å². The first kappa shape index (κ1) is 24.4. The van der Waals surface area contributed by atoms with E-state index in [2.05, 4.69) is 34.6 Å². The summed E-state index contributed by atoms with van der Waals surface area (Å²) in [7, 11) is 0. The van der Waals surface area contributed by atoms with Gasteiger partial charge < -0.3 is 25.2 Å². The number of nitrogens with zero attached hydrogens (tertiary/aromatic N) is 2. The molecule has 1 saturated heterocycles. The van der Waals surface area contributed by atoms with Crippen LogP contribution in [-0.4, -0.2) is 48.8 Å². The molecule has 0 atom stereocenters. The number of hydrogen-bond donors (Lipinski definition) is 2. The molecule has 178 valence electrons. The molecule has 7 heteroatoms. The van der Waals surface area contributed by atoms with Gasteiger partial charge in [0, 0.05) is 43.2 Å². The number of amides is 3. The Labute approximate surface area is 197 Å². The highest BCUT2D eigenvalue weighted by molar-refractivity contribution is 5.99. The topological polar surface area (TPSA) is 73.9 Å². The summed E-state index contributed by atoms with van der Waals surface area (Å²) in [6.45, 7) is 10.5. The van der Waals surface area contributed by atoms with Crippen LogP contribution in [0.15, 0.2) is 48.5 Å². The third-order valence-corrected chi connectivity index (χ3v) is 5.45. The molecule has 0 spiro atoms. The zero-order valence-corrected chi connectivity index (χ0v) is 20.2. The monoisotopic (exact) mass is 452 g/mol. The van der Waals surface area contributed by atoms with Crippen LogP contribution >= 0.6 is 0 Å². The van der Waals surface area contributed by atoms with Crippen LogP contribution in [0.5, 0.6) is 0 Å². The number of benzene rings is 2. The van der Waals surface area contributed by atoms with Gasteiger partial charge in [-0.2, -0.15) is 0 Å². The van der Waals surface area contributed by atoms with Gasteiger partial charge in [0.15, 0.2) is 0 Å². The van der Waals surface area contributed by atoms with Crippen molar-refractivity contribution in [1.29, 1.82) is 0 Å². The maximum absolute atomic E-state index is 12.3. The van der Waals surface area contributed by atoms with E-state index in [1.54, 1.807) is 4.90 Å². The number of carbonyl (C=O) groups is 2. The number of piperazine rings is 1. The molecular formula is C26H36N4O3. The number of ether oxygens (including phenoxy) is 1. The first-order chi connectivity index (χ1) is 15.7. The molecule has 3 amide bonds. The fourth-order valence-electron chi connectivity index (χ4n) is 3.66. The van der Waals surface area contributed by atoms with Crippen molar-refractivity contribution in [3.05, 3.63) is 54.1 Å². The molecule has 0 radical (unpaired) electrons. The van der Waals surface area contributed by atoms with Crippen LogP contribution in [0.2, 0.25) is 0 Å². The van der Waals surface area contributed by atoms with Gasteiger partial charge in [-0.1, -0.05) is 25.5 Å². The highest BCUT2D eigenvalue weighted by Crippen LogP contribution is 2.21. The van der Waals surface area contributed by atoms with Crippen LogP contribution in [0.4, 0.5) is 26.7 Å². The van der Waals surface area contributed by atoms with Crippen molar-refractivity contribution in [1.82, 2.24) is 4.90 Å². The third-order valence-electron chi connectivity index (χ3n) is 5.45. The van der Waals surface area contributed by atoms with E-state index in [4.69, 9.17) is 4.74 Å². The zero-order chi connectivity index (χ0) is 23.8. The molecule has 1 aliphatic rings. The molecule has 2 aromatic carbocycles. The van der Waals surface area contributed by atoms with Crippen LogP contribution < -0.4 is 15.5 Å². The predicted molar refractivity (Wildman–Crippen MR) is 134 cm³/mol. The van der Waals surface area contributed by atoms with Crippen molar-refractivity contribution >= 4 is 29.2 Å². The molecule has 0 unspecified atom stereocenters. The molecule has 0 saturated carbocycles. The van der Waals surface area contributed by atoms with Gasteiger partial charge in [0.25, 0.3) is 0 Å². The Hall–Kier alpha value is -3.22. The van der Waals surface area contributed by atoms with E-state index in [0.717, 1.165) is 36.6 Å². The van der Waals surface area contributed by atoms with E-state index in [1.807, 2.05) is 57.2 Å². The second kappa shape index (κ2) is 11.1. The summed E-state index contributed by atoms with van der Waals surface area (Å²) in [4.78, 5) is 28.6. The molecule has 33 heavy (non-hydrogen) atoms. The number of unbranched alkanes of at least 4 members (excludes halogenated alkanes) is 1. The number of carbonyl (C=O) groups excluding carboxylic acids is 2. The number of hydrogen-bond acceptors (Lipinski definition) is 4. The second-order valence-electron chi connectivity index (χ2n) is 9.38. The molecule has 1 heterocycles. The molecule has 0 aliphatic carbocycles. The SMILES string of the molecule is CCCCc1ccc(NC(=O)Nc2ccc(N3CCN(C(=O)OC(C)(C)C)CC3)cc2)cc1. The lowest BCUT2D eigenvalue weighted by Gasteiger charge is -2.36. The van der Waals surface area contributed by atoms with Crippen molar-refractivity contribution in [3.63, 3.8) is 0 Å². The molecular weight excluding hydrogens is 416 g/mol. The van der Waals surface area contributed by atoms with Crippen molar-refractivity contribution in [2.24, 2.45) is 0 Å². The smallest absolute Gasteiger partial charge is 0.410 e. The maximum atomic E-state index is 12.3. The lowest BCUT2D eigenvalue weighted by Crippen LogP contribution is -2.50. The van der Waals surface area contributed by atoms with Crippen LogP contribution in [-0.2, 0) is 11.2 Å². The van der Waals surface area contributed by atoms with E-state index in [0.29, 0.717) is 13.1 Å². The quantitative estimate of drug-likeness (QED) is 0.587. The largest absolute Gasteiger partial charge is 0.444 e. The van der Waals surface area contributed by atoms with Gasteiger partial charge in [0.2, 0.25) is 0 Å². The van der Waals surface area contributed by atoms with Crippen molar-refractivity contribution in [2.45, 2.75) is 52.6 Å². The fourth-order valence-corrected chi connectivity index (χ4v) is 3.66. The minimum Gasteiger partial charge on any atom is -0.444 e. The van der Waals surface area contributed by atoms with Crippen LogP contribution in [0.1, 0.15) is 46.1 Å². The summed E-state index contributed by atoms with van der Waals surface area (Å²) in [5.74, 6) is 0. The summed E-state index contributed by atoms with van der Waals surface area (Å²) in [6, 6.07) is 15.5. The molecule has 7 nitrogen and oxygen atoms in total. The van der Waals surface area contributed by atoms with Gasteiger partial charge in [-0.3, -0.25) is 0 Å². The number of aryl methyl sites for hydroxylation is 1. The zero-order valence-electron chi connectivity index (χ0n) is 20.2. The standard InChI is InChI=1S/C26H36N4O3/c1-5-6-7-20-8-10-21(11-9-20)27-24(31)28-22-12-14-23(15-13-22)29-16-18-30(19-17-29)25(32)33-26(2,3)4/h8-15H,5-7,16-19H2,1-4H3,(H2,27,28,31). The van der Waals surface area contributed by atoms with E-state index >= 15 is 0 Å². The van der Waals surface area contributed by atoms with Gasteiger partial charge in [-0.25, -0.2) is 9.59 Å². The van der Waals surface area contributed by atoms with Crippen molar-refractivity contribution < 1.29 is 14.3 Å². The molecule has 1 aliphatic heterocycles. The second-order valence-corrected chi connectivity index (χ2v) is 9.38. The van der Waals surface area contributed by atoms with Crippen molar-refractivity contribution in [2.75, 3.05) is 41.7 Å². The summed E-state index contributed by atoms with van der Waals surface area (Å²) in [5.41, 5.74) is 3.36. The normalized spacial score (nSPS) is 14.1. The number of anilines is 3. The fraction of sp³-hybridized carbons (Fsp3) is 0.462. The minimum absolute atomic E-state index is 0.261. The number of urea groups is 1. The number of rotatable bonds is 6. The molecule has 0 aromatic heterocycles. The highest BCUT2D eigenvalue weighted by Gasteiger charge is 2.25. The summed E-state index contributed by atoms with van der Waals surface area (Å²) < 4.78 is 5.46. The van der Waals surface area contributed by atoms with E-state index in [9.17, 15) is 9.59 Å². The summed E-state index contributed by atoms with van der Waals surface area (Å²) in [5, 5.41) is 5.75. The molecule has 1 fully saturated rings. The molecule has 0 bridgehead atoms. The maximum Gasteiger partial charge on any atom is 0.410 e. The van der Waals surface area contributed by atoms with Crippen molar-refractivity contribution in [3.8, 4) is 0 Å². The Morgan fingerprint density at radius 1 is 0.879 bits per heavy atom. The Bertz CT molecular complexity index is 912. The van der Waals surface area contributed by atoms with Gasteiger partial charge in [-0.05, 0) is 75.6 Å². The van der Waals surface area contributed by atoms with E-state index < -0.39 is 5.60 Å². The lowest BCUT2D eigenvalue weighted by molar-refractivity contribution is 0.0240. The lowest BCUT2D eigenvalue weighted by atomic mass is 10.1. The van der Waals surface area contributed by atoms with Gasteiger partial charge in [-0.15, -0.1) is 0 Å². The molecule has 2 aromatic rings. The highest BCUT2D eigenvalue weighted by atomic mass is 16.6. The van der Waals surface area contributed by atoms with Crippen LogP contribution in [0.25, 0.3) is 0 Å². The Kier molecular flexibility index (Phi) is 8.20. The Morgan fingerprint density at radius 3 is 1.94 bits per heavy atom. The minimum atomic E-state index is -0.485. The first-order valence-corrected chi connectivity index (χ1v) is 11.7. The molecule has 3 rings (SSSR count). The number of nitrogens with one attached hydrogen (secondary N) is 2. The predicted octanol–water partition coefficient (Wildman–Crippen LogP) is 5.73. The third kappa shape index (κ3) is 7.70. The van der Waals surface area contributed by atoms with E-state index in [1.165, 1.54) is 18.4 Å². The summed E-state index contributed by atoms with van der Waals surface area (Å²) >= 11 is 0. The van der Waals surface area contributed by atoms with E-state index in [-0.39, 0.29) is 12.1 Å². The van der Waals surface area contributed by atoms with Gasteiger partial charge in [0.05, 0.1) is 0 Å². The average Bonchev–Trinajstić information content (AvgIpc) is 2.78. The Morgan fingerprint density at radius 2 is 1.42 bits per heavy atom. The molecule has 2 N–H and O–H groups in total. The van der Waals surface area contributed by atoms with Gasteiger partial charge >= 0.3 is 12.1 Å². The van der Waals surface area contributed by atoms with Crippen LogP contribution in [0, 0.1) is 0 Å².